The number of nitrogens with two attached hydrogens (primary N) is 1. The number of nitrogen functional groups attached to an aromatic ring is 1. The van der Waals surface area contributed by atoms with Crippen LogP contribution in [0.2, 0.25) is 0 Å². The van der Waals surface area contributed by atoms with Crippen LogP contribution in [0.25, 0.3) is 0 Å². The quantitative estimate of drug-likeness (QED) is 0.895. The van der Waals surface area contributed by atoms with Gasteiger partial charge in [0.1, 0.15) is 5.82 Å². The molecule has 0 saturated carbocycles. The molecule has 2 aromatic rings. The summed E-state index contributed by atoms with van der Waals surface area (Å²) in [7, 11) is 0. The Kier molecular flexibility index (Phi) is 4.38. The standard InChI is InChI=1S/C18H22N4O2/c1-13-5-2-3-6-14(13)11-18(16(23)24)8-4-10-22(12-18)17-20-9-7-15(19)21-17/h2-3,5-7,9H,4,8,10-12H2,1H3,(H,23,24)(H2,19,20,21)/t18-/m0/s1. The minimum absolute atomic E-state index is 0.389. The van der Waals surface area contributed by atoms with Crippen molar-refractivity contribution in [3.8, 4) is 0 Å². The van der Waals surface area contributed by atoms with Gasteiger partial charge in [0.2, 0.25) is 5.95 Å². The molecular formula is C18H22N4O2. The summed E-state index contributed by atoms with van der Waals surface area (Å²) in [5.41, 5.74) is 7.11. The summed E-state index contributed by atoms with van der Waals surface area (Å²) in [6.45, 7) is 3.15. The molecule has 0 unspecified atom stereocenters. The predicted octanol–water partition coefficient (Wildman–Crippen LogP) is 2.28. The summed E-state index contributed by atoms with van der Waals surface area (Å²) in [5, 5.41) is 9.97. The number of nitrogens with zero attached hydrogens (tertiary/aromatic N) is 3. The lowest BCUT2D eigenvalue weighted by Gasteiger charge is -2.40. The van der Waals surface area contributed by atoms with Gasteiger partial charge in [0, 0.05) is 19.3 Å². The summed E-state index contributed by atoms with van der Waals surface area (Å²) in [5.74, 6) is 0.134. The fraction of sp³-hybridized carbons (Fsp3) is 0.389. The van der Waals surface area contributed by atoms with Crippen LogP contribution in [0.5, 0.6) is 0 Å². The highest BCUT2D eigenvalue weighted by Crippen LogP contribution is 2.36. The van der Waals surface area contributed by atoms with Crippen molar-refractivity contribution in [2.75, 3.05) is 23.7 Å². The Labute approximate surface area is 141 Å². The van der Waals surface area contributed by atoms with Gasteiger partial charge in [0.05, 0.1) is 5.41 Å². The topological polar surface area (TPSA) is 92.3 Å². The van der Waals surface area contributed by atoms with Crippen molar-refractivity contribution in [2.24, 2.45) is 5.41 Å². The van der Waals surface area contributed by atoms with E-state index in [1.54, 1.807) is 12.3 Å². The van der Waals surface area contributed by atoms with E-state index in [1.807, 2.05) is 36.1 Å². The second-order valence-corrected chi connectivity index (χ2v) is 6.50. The molecule has 126 valence electrons. The highest BCUT2D eigenvalue weighted by molar-refractivity contribution is 5.76. The van der Waals surface area contributed by atoms with Gasteiger partial charge >= 0.3 is 5.97 Å². The Balaban J connectivity index is 1.90. The SMILES string of the molecule is Cc1ccccc1C[C@@]1(C(=O)O)CCCN(c2nccc(N)n2)C1. The molecular weight excluding hydrogens is 304 g/mol. The molecule has 3 rings (SSSR count). The van der Waals surface area contributed by atoms with Crippen LogP contribution in [0.15, 0.2) is 36.5 Å². The van der Waals surface area contributed by atoms with Crippen LogP contribution < -0.4 is 10.6 Å². The average molecular weight is 326 g/mol. The lowest BCUT2D eigenvalue weighted by atomic mass is 9.74. The number of piperidine rings is 1. The Morgan fingerprint density at radius 1 is 1.38 bits per heavy atom. The van der Waals surface area contributed by atoms with Crippen molar-refractivity contribution in [3.05, 3.63) is 47.7 Å². The predicted molar refractivity (Wildman–Crippen MR) is 92.8 cm³/mol. The molecule has 6 nitrogen and oxygen atoms in total. The van der Waals surface area contributed by atoms with E-state index in [1.165, 1.54) is 0 Å². The summed E-state index contributed by atoms with van der Waals surface area (Å²) < 4.78 is 0. The summed E-state index contributed by atoms with van der Waals surface area (Å²) >= 11 is 0. The minimum Gasteiger partial charge on any atom is -0.481 e. The van der Waals surface area contributed by atoms with Crippen molar-refractivity contribution in [3.63, 3.8) is 0 Å². The molecule has 0 radical (unpaired) electrons. The second-order valence-electron chi connectivity index (χ2n) is 6.50. The van der Waals surface area contributed by atoms with Crippen molar-refractivity contribution in [1.82, 2.24) is 9.97 Å². The largest absolute Gasteiger partial charge is 0.481 e. The fourth-order valence-electron chi connectivity index (χ4n) is 3.38. The Hall–Kier alpha value is -2.63. The van der Waals surface area contributed by atoms with Gasteiger partial charge in [0.25, 0.3) is 0 Å². The van der Waals surface area contributed by atoms with Crippen LogP contribution in [0.1, 0.15) is 24.0 Å². The molecule has 1 saturated heterocycles. The first-order chi connectivity index (χ1) is 11.5. The van der Waals surface area contributed by atoms with Gasteiger partial charge in [-0.15, -0.1) is 0 Å². The zero-order chi connectivity index (χ0) is 17.2. The van der Waals surface area contributed by atoms with Gasteiger partial charge < -0.3 is 15.7 Å². The number of hydrogen-bond acceptors (Lipinski definition) is 5. The Morgan fingerprint density at radius 3 is 2.88 bits per heavy atom. The molecule has 0 amide bonds. The first-order valence-electron chi connectivity index (χ1n) is 8.12. The Bertz CT molecular complexity index is 749. The highest BCUT2D eigenvalue weighted by Gasteiger charge is 2.43. The number of benzene rings is 1. The third kappa shape index (κ3) is 3.18. The van der Waals surface area contributed by atoms with E-state index in [4.69, 9.17) is 5.73 Å². The van der Waals surface area contributed by atoms with E-state index >= 15 is 0 Å². The van der Waals surface area contributed by atoms with Crippen LogP contribution >= 0.6 is 0 Å². The van der Waals surface area contributed by atoms with E-state index in [-0.39, 0.29) is 0 Å². The van der Waals surface area contributed by atoms with Crippen LogP contribution in [0.3, 0.4) is 0 Å². The number of carboxylic acid groups (broad SMARTS) is 1. The van der Waals surface area contributed by atoms with E-state index in [0.29, 0.717) is 31.2 Å². The zero-order valence-corrected chi connectivity index (χ0v) is 13.8. The van der Waals surface area contributed by atoms with Crippen molar-refractivity contribution in [1.29, 1.82) is 0 Å². The first-order valence-corrected chi connectivity index (χ1v) is 8.12. The van der Waals surface area contributed by atoms with Crippen molar-refractivity contribution in [2.45, 2.75) is 26.2 Å². The van der Waals surface area contributed by atoms with Crippen LogP contribution in [0, 0.1) is 12.3 Å². The maximum atomic E-state index is 12.1. The number of aliphatic carboxylic acids is 1. The van der Waals surface area contributed by atoms with E-state index < -0.39 is 11.4 Å². The Morgan fingerprint density at radius 2 is 2.17 bits per heavy atom. The van der Waals surface area contributed by atoms with Gasteiger partial charge in [-0.3, -0.25) is 4.79 Å². The lowest BCUT2D eigenvalue weighted by molar-refractivity contribution is -0.149. The average Bonchev–Trinajstić information content (AvgIpc) is 2.57. The molecule has 0 spiro atoms. The lowest BCUT2D eigenvalue weighted by Crippen LogP contribution is -2.49. The van der Waals surface area contributed by atoms with Gasteiger partial charge in [-0.25, -0.2) is 4.98 Å². The molecule has 2 heterocycles. The molecule has 1 aliphatic heterocycles. The molecule has 1 aromatic carbocycles. The van der Waals surface area contributed by atoms with Crippen LogP contribution in [-0.2, 0) is 11.2 Å². The van der Waals surface area contributed by atoms with Crippen LogP contribution in [0.4, 0.5) is 11.8 Å². The highest BCUT2D eigenvalue weighted by atomic mass is 16.4. The maximum Gasteiger partial charge on any atom is 0.311 e. The summed E-state index contributed by atoms with van der Waals surface area (Å²) in [6, 6.07) is 9.59. The van der Waals surface area contributed by atoms with Gasteiger partial charge in [-0.05, 0) is 43.4 Å². The molecule has 1 atom stereocenters. The van der Waals surface area contributed by atoms with E-state index in [0.717, 1.165) is 24.1 Å². The number of aromatic nitrogens is 2. The van der Waals surface area contributed by atoms with Crippen molar-refractivity contribution >= 4 is 17.7 Å². The first kappa shape index (κ1) is 16.2. The molecule has 1 aliphatic rings. The van der Waals surface area contributed by atoms with E-state index in [9.17, 15) is 9.90 Å². The number of rotatable bonds is 4. The zero-order valence-electron chi connectivity index (χ0n) is 13.8. The third-order valence-corrected chi connectivity index (χ3v) is 4.77. The fourth-order valence-corrected chi connectivity index (χ4v) is 3.38. The maximum absolute atomic E-state index is 12.1. The van der Waals surface area contributed by atoms with Crippen molar-refractivity contribution < 1.29 is 9.90 Å². The molecule has 0 aliphatic carbocycles. The molecule has 0 bridgehead atoms. The second kappa shape index (κ2) is 6.47. The summed E-state index contributed by atoms with van der Waals surface area (Å²) in [4.78, 5) is 22.6. The molecule has 24 heavy (non-hydrogen) atoms. The molecule has 1 aromatic heterocycles. The normalized spacial score (nSPS) is 20.8. The number of anilines is 2. The number of carboxylic acids is 1. The van der Waals surface area contributed by atoms with Gasteiger partial charge in [0.15, 0.2) is 0 Å². The smallest absolute Gasteiger partial charge is 0.311 e. The minimum atomic E-state index is -0.835. The number of aryl methyl sites for hydroxylation is 1. The molecule has 6 heteroatoms. The third-order valence-electron chi connectivity index (χ3n) is 4.77. The van der Waals surface area contributed by atoms with Gasteiger partial charge in [-0.2, -0.15) is 4.98 Å². The number of hydrogen-bond donors (Lipinski definition) is 2. The summed E-state index contributed by atoms with van der Waals surface area (Å²) in [6.07, 6.45) is 3.55. The van der Waals surface area contributed by atoms with Crippen LogP contribution in [-0.4, -0.2) is 34.1 Å². The number of carbonyl (C=O) groups is 1. The molecule has 1 fully saturated rings. The van der Waals surface area contributed by atoms with Gasteiger partial charge in [-0.1, -0.05) is 24.3 Å². The molecule has 3 N–H and O–H groups in total. The monoisotopic (exact) mass is 326 g/mol. The van der Waals surface area contributed by atoms with E-state index in [2.05, 4.69) is 9.97 Å².